The lowest BCUT2D eigenvalue weighted by Crippen LogP contribution is -2.26. The normalized spacial score (nSPS) is 13.7. The number of carbonyl (C=O) groups is 1. The average Bonchev–Trinajstić information content (AvgIpc) is 3.34. The third kappa shape index (κ3) is 3.78. The van der Waals surface area contributed by atoms with Crippen molar-refractivity contribution in [1.82, 2.24) is 15.5 Å². The number of nitrogens with one attached hydrogen (secondary N) is 2. The Kier molecular flexibility index (Phi) is 4.27. The van der Waals surface area contributed by atoms with Crippen LogP contribution >= 0.6 is 0 Å². The number of carbonyl (C=O) groups excluding carboxylic acids is 1. The summed E-state index contributed by atoms with van der Waals surface area (Å²) in [6.45, 7) is 0.545. The molecule has 0 radical (unpaired) electrons. The molecule has 22 heavy (non-hydrogen) atoms. The first-order valence-electron chi connectivity index (χ1n) is 7.34. The third-order valence-corrected chi connectivity index (χ3v) is 3.47. The van der Waals surface area contributed by atoms with Crippen LogP contribution in [0, 0.1) is 5.82 Å². The van der Waals surface area contributed by atoms with Crippen LogP contribution in [0.4, 0.5) is 10.2 Å². The molecule has 1 aromatic carbocycles. The van der Waals surface area contributed by atoms with Gasteiger partial charge in [-0.05, 0) is 43.0 Å². The zero-order chi connectivity index (χ0) is 15.4. The molecule has 1 heterocycles. The molecule has 1 aromatic heterocycles. The predicted molar refractivity (Wildman–Crippen MR) is 81.1 cm³/mol. The molecule has 0 atom stereocenters. The molecule has 2 aromatic rings. The monoisotopic (exact) mass is 300 g/mol. The summed E-state index contributed by atoms with van der Waals surface area (Å²) in [5.74, 6) is 0.176. The molecular formula is C16H17FN4O. The van der Waals surface area contributed by atoms with E-state index in [4.69, 9.17) is 0 Å². The minimum Gasteiger partial charge on any atom is -0.368 e. The molecule has 1 aliphatic carbocycles. The number of amides is 1. The highest BCUT2D eigenvalue weighted by atomic mass is 19.1. The summed E-state index contributed by atoms with van der Waals surface area (Å²) in [6, 6.07) is 10.3. The zero-order valence-corrected chi connectivity index (χ0v) is 12.1. The summed E-state index contributed by atoms with van der Waals surface area (Å²) < 4.78 is 13.5. The van der Waals surface area contributed by atoms with Gasteiger partial charge in [0.25, 0.3) is 5.91 Å². The molecule has 1 fully saturated rings. The molecular weight excluding hydrogens is 283 g/mol. The van der Waals surface area contributed by atoms with Crippen LogP contribution in [0.2, 0.25) is 0 Å². The quantitative estimate of drug-likeness (QED) is 0.858. The van der Waals surface area contributed by atoms with Crippen molar-refractivity contribution < 1.29 is 9.18 Å². The van der Waals surface area contributed by atoms with E-state index < -0.39 is 0 Å². The van der Waals surface area contributed by atoms with Crippen molar-refractivity contribution in [2.45, 2.75) is 25.3 Å². The fraction of sp³-hybridized carbons (Fsp3) is 0.312. The van der Waals surface area contributed by atoms with Crippen LogP contribution in [0.1, 0.15) is 28.9 Å². The minimum atomic E-state index is -0.206. The molecule has 1 saturated carbocycles. The lowest BCUT2D eigenvalue weighted by atomic mass is 10.1. The van der Waals surface area contributed by atoms with E-state index in [9.17, 15) is 9.18 Å². The second kappa shape index (κ2) is 6.51. The van der Waals surface area contributed by atoms with Crippen molar-refractivity contribution in [3.63, 3.8) is 0 Å². The van der Waals surface area contributed by atoms with E-state index in [1.165, 1.54) is 6.07 Å². The average molecular weight is 300 g/mol. The summed E-state index contributed by atoms with van der Waals surface area (Å²) >= 11 is 0. The van der Waals surface area contributed by atoms with Gasteiger partial charge in [-0.3, -0.25) is 4.79 Å². The highest BCUT2D eigenvalue weighted by Crippen LogP contribution is 2.19. The number of hydrogen-bond acceptors (Lipinski definition) is 4. The number of hydrogen-bond donors (Lipinski definition) is 2. The Morgan fingerprint density at radius 3 is 2.68 bits per heavy atom. The van der Waals surface area contributed by atoms with Gasteiger partial charge in [0.15, 0.2) is 5.69 Å². The molecule has 1 amide bonds. The molecule has 114 valence electrons. The number of aromatic nitrogens is 2. The van der Waals surface area contributed by atoms with Crippen molar-refractivity contribution >= 4 is 11.7 Å². The number of halogens is 1. The van der Waals surface area contributed by atoms with E-state index in [2.05, 4.69) is 20.8 Å². The molecule has 0 saturated heterocycles. The molecule has 0 aliphatic heterocycles. The van der Waals surface area contributed by atoms with Gasteiger partial charge in [-0.15, -0.1) is 10.2 Å². The Balaban J connectivity index is 1.50. The van der Waals surface area contributed by atoms with E-state index in [1.807, 2.05) is 6.07 Å². The SMILES string of the molecule is O=C(NC1CC1)c1ccc(NCCc2ccccc2F)nn1. The highest BCUT2D eigenvalue weighted by molar-refractivity contribution is 5.92. The summed E-state index contributed by atoms with van der Waals surface area (Å²) in [4.78, 5) is 11.8. The number of rotatable bonds is 6. The highest BCUT2D eigenvalue weighted by Gasteiger charge is 2.24. The first-order chi connectivity index (χ1) is 10.7. The summed E-state index contributed by atoms with van der Waals surface area (Å²) in [5, 5.41) is 13.8. The molecule has 3 rings (SSSR count). The fourth-order valence-corrected chi connectivity index (χ4v) is 2.06. The topological polar surface area (TPSA) is 66.9 Å². The molecule has 5 nitrogen and oxygen atoms in total. The smallest absolute Gasteiger partial charge is 0.272 e. The van der Waals surface area contributed by atoms with Gasteiger partial charge in [-0.1, -0.05) is 18.2 Å². The largest absolute Gasteiger partial charge is 0.368 e. The fourth-order valence-electron chi connectivity index (χ4n) is 2.06. The van der Waals surface area contributed by atoms with E-state index in [0.29, 0.717) is 36.1 Å². The van der Waals surface area contributed by atoms with Crippen molar-refractivity contribution in [2.24, 2.45) is 0 Å². The van der Waals surface area contributed by atoms with Gasteiger partial charge in [-0.2, -0.15) is 0 Å². The number of nitrogens with zero attached hydrogens (tertiary/aromatic N) is 2. The third-order valence-electron chi connectivity index (χ3n) is 3.47. The molecule has 0 spiro atoms. The van der Waals surface area contributed by atoms with Crippen LogP contribution in [0.25, 0.3) is 0 Å². The Labute approximate surface area is 128 Å². The van der Waals surface area contributed by atoms with E-state index >= 15 is 0 Å². The van der Waals surface area contributed by atoms with Gasteiger partial charge in [0.1, 0.15) is 11.6 Å². The van der Waals surface area contributed by atoms with E-state index in [-0.39, 0.29) is 11.7 Å². The van der Waals surface area contributed by atoms with Gasteiger partial charge >= 0.3 is 0 Å². The Morgan fingerprint density at radius 2 is 2.00 bits per heavy atom. The van der Waals surface area contributed by atoms with E-state index in [0.717, 1.165) is 12.8 Å². The van der Waals surface area contributed by atoms with Crippen LogP contribution in [0.3, 0.4) is 0 Å². The van der Waals surface area contributed by atoms with Gasteiger partial charge in [0, 0.05) is 12.6 Å². The molecule has 2 N–H and O–H groups in total. The Hall–Kier alpha value is -2.50. The van der Waals surface area contributed by atoms with Gasteiger partial charge in [0.05, 0.1) is 0 Å². The van der Waals surface area contributed by atoms with Crippen molar-refractivity contribution in [3.8, 4) is 0 Å². The maximum atomic E-state index is 13.5. The molecule has 0 bridgehead atoms. The predicted octanol–water partition coefficient (Wildman–Crippen LogP) is 2.16. The van der Waals surface area contributed by atoms with Gasteiger partial charge in [0.2, 0.25) is 0 Å². The second-order valence-corrected chi connectivity index (χ2v) is 5.32. The molecule has 6 heteroatoms. The maximum Gasteiger partial charge on any atom is 0.272 e. The van der Waals surface area contributed by atoms with Crippen LogP contribution in [-0.2, 0) is 6.42 Å². The zero-order valence-electron chi connectivity index (χ0n) is 12.1. The molecule has 0 unspecified atom stereocenters. The number of benzene rings is 1. The lowest BCUT2D eigenvalue weighted by molar-refractivity contribution is 0.0945. The van der Waals surface area contributed by atoms with Crippen LogP contribution in [-0.4, -0.2) is 28.7 Å². The van der Waals surface area contributed by atoms with E-state index in [1.54, 1.807) is 24.3 Å². The standard InChI is InChI=1S/C16H17FN4O/c17-13-4-2-1-3-11(13)9-10-18-15-8-7-14(20-21-15)16(22)19-12-5-6-12/h1-4,7-8,12H,5-6,9-10H2,(H,18,21)(H,19,22). The van der Waals surface area contributed by atoms with Gasteiger partial charge in [-0.25, -0.2) is 4.39 Å². The molecule has 1 aliphatic rings. The number of anilines is 1. The first-order valence-corrected chi connectivity index (χ1v) is 7.34. The second-order valence-electron chi connectivity index (χ2n) is 5.32. The lowest BCUT2D eigenvalue weighted by Gasteiger charge is -2.06. The summed E-state index contributed by atoms with van der Waals surface area (Å²) in [5.41, 5.74) is 0.968. The first kappa shape index (κ1) is 14.4. The minimum absolute atomic E-state index is 0.187. The Bertz CT molecular complexity index is 655. The maximum absolute atomic E-state index is 13.5. The summed E-state index contributed by atoms with van der Waals surface area (Å²) in [6.07, 6.45) is 2.63. The van der Waals surface area contributed by atoms with Crippen LogP contribution in [0.5, 0.6) is 0 Å². The van der Waals surface area contributed by atoms with Gasteiger partial charge < -0.3 is 10.6 Å². The van der Waals surface area contributed by atoms with Crippen molar-refractivity contribution in [2.75, 3.05) is 11.9 Å². The van der Waals surface area contributed by atoms with Crippen molar-refractivity contribution in [1.29, 1.82) is 0 Å². The van der Waals surface area contributed by atoms with Crippen molar-refractivity contribution in [3.05, 3.63) is 53.5 Å². The Morgan fingerprint density at radius 1 is 1.18 bits per heavy atom. The van der Waals surface area contributed by atoms with Crippen LogP contribution < -0.4 is 10.6 Å². The van der Waals surface area contributed by atoms with Crippen LogP contribution in [0.15, 0.2) is 36.4 Å². The summed E-state index contributed by atoms with van der Waals surface area (Å²) in [7, 11) is 0.